The number of methoxy groups -OCH3 is 1. The molecule has 180 valence electrons. The van der Waals surface area contributed by atoms with E-state index in [1.165, 1.54) is 11.8 Å². The van der Waals surface area contributed by atoms with Crippen molar-refractivity contribution in [3.8, 4) is 11.5 Å². The number of amides is 1. The van der Waals surface area contributed by atoms with Gasteiger partial charge in [0.05, 0.1) is 40.0 Å². The number of carbonyl (C=O) groups is 2. The maximum absolute atomic E-state index is 13.1. The van der Waals surface area contributed by atoms with Crippen molar-refractivity contribution < 1.29 is 23.8 Å². The molecule has 0 unspecified atom stereocenters. The average molecular weight is 594 g/mol. The smallest absolute Gasteiger partial charge is 0.338 e. The monoisotopic (exact) mass is 594 g/mol. The molecule has 2 aromatic rings. The first-order valence-electron chi connectivity index (χ1n) is 11.0. The van der Waals surface area contributed by atoms with E-state index in [1.807, 2.05) is 32.1 Å². The van der Waals surface area contributed by atoms with Crippen molar-refractivity contribution in [2.24, 2.45) is 4.99 Å². The van der Waals surface area contributed by atoms with E-state index in [4.69, 9.17) is 14.2 Å². The molecule has 1 amide bonds. The van der Waals surface area contributed by atoms with E-state index < -0.39 is 5.97 Å². The van der Waals surface area contributed by atoms with Crippen molar-refractivity contribution in [3.05, 3.63) is 56.0 Å². The highest BCUT2D eigenvalue weighted by Crippen LogP contribution is 2.38. The van der Waals surface area contributed by atoms with Gasteiger partial charge in [0.2, 0.25) is 0 Å². The fraction of sp³-hybridized carbons (Fsp3) is 0.320. The lowest BCUT2D eigenvalue weighted by Gasteiger charge is -2.13. The maximum atomic E-state index is 13.1. The van der Waals surface area contributed by atoms with Crippen LogP contribution in [0.4, 0.5) is 5.69 Å². The van der Waals surface area contributed by atoms with Crippen molar-refractivity contribution in [1.29, 1.82) is 0 Å². The second-order valence-electron chi connectivity index (χ2n) is 7.21. The van der Waals surface area contributed by atoms with Crippen molar-refractivity contribution in [2.75, 3.05) is 26.9 Å². The van der Waals surface area contributed by atoms with Crippen LogP contribution < -0.4 is 9.47 Å². The van der Waals surface area contributed by atoms with Crippen LogP contribution in [0.5, 0.6) is 11.5 Å². The summed E-state index contributed by atoms with van der Waals surface area (Å²) in [5, 5.41) is 0.560. The van der Waals surface area contributed by atoms with Gasteiger partial charge in [-0.1, -0.05) is 13.0 Å². The summed E-state index contributed by atoms with van der Waals surface area (Å²) in [6, 6.07) is 10.7. The summed E-state index contributed by atoms with van der Waals surface area (Å²) in [4.78, 5) is 32.0. The lowest BCUT2D eigenvalue weighted by atomic mass is 10.2. The van der Waals surface area contributed by atoms with E-state index in [2.05, 4.69) is 27.6 Å². The minimum atomic E-state index is -0.400. The Kier molecular flexibility index (Phi) is 9.40. The number of hydrogen-bond acceptors (Lipinski definition) is 7. The van der Waals surface area contributed by atoms with Crippen molar-refractivity contribution >= 4 is 63.2 Å². The lowest BCUT2D eigenvalue weighted by molar-refractivity contribution is -0.122. The molecule has 0 aliphatic carbocycles. The SMILES string of the molecule is CCCOc1c(I)cc(C=C2SC(=Nc3cccc(C(=O)OCC)c3)N(CC)C2=O)cc1OC. The molecule has 3 rings (SSSR count). The van der Waals surface area contributed by atoms with Crippen LogP contribution in [0.25, 0.3) is 6.08 Å². The third-order valence-electron chi connectivity index (χ3n) is 4.79. The Morgan fingerprint density at radius 2 is 2.00 bits per heavy atom. The highest BCUT2D eigenvalue weighted by molar-refractivity contribution is 14.1. The lowest BCUT2D eigenvalue weighted by Crippen LogP contribution is -2.28. The van der Waals surface area contributed by atoms with E-state index in [0.29, 0.717) is 52.6 Å². The predicted octanol–water partition coefficient (Wildman–Crippen LogP) is 5.89. The minimum Gasteiger partial charge on any atom is -0.493 e. The van der Waals surface area contributed by atoms with Crippen LogP contribution in [0.1, 0.15) is 43.1 Å². The molecule has 7 nitrogen and oxygen atoms in total. The fourth-order valence-electron chi connectivity index (χ4n) is 3.22. The quantitative estimate of drug-likeness (QED) is 0.205. The summed E-state index contributed by atoms with van der Waals surface area (Å²) < 4.78 is 17.3. The largest absolute Gasteiger partial charge is 0.493 e. The van der Waals surface area contributed by atoms with E-state index in [0.717, 1.165) is 15.6 Å². The van der Waals surface area contributed by atoms with Gasteiger partial charge in [0, 0.05) is 6.54 Å². The van der Waals surface area contributed by atoms with Crippen molar-refractivity contribution in [3.63, 3.8) is 0 Å². The number of nitrogens with zero attached hydrogens (tertiary/aromatic N) is 2. The molecule has 1 fully saturated rings. The highest BCUT2D eigenvalue weighted by Gasteiger charge is 2.32. The zero-order valence-electron chi connectivity index (χ0n) is 19.6. The first kappa shape index (κ1) is 26.1. The average Bonchev–Trinajstić information content (AvgIpc) is 3.11. The molecule has 0 aromatic heterocycles. The minimum absolute atomic E-state index is 0.118. The van der Waals surface area contributed by atoms with Gasteiger partial charge in [-0.05, 0) is 96.6 Å². The second-order valence-corrected chi connectivity index (χ2v) is 9.38. The number of halogens is 1. The third-order valence-corrected chi connectivity index (χ3v) is 6.59. The summed E-state index contributed by atoms with van der Waals surface area (Å²) in [5.74, 6) is 0.812. The van der Waals surface area contributed by atoms with Crippen LogP contribution in [0.3, 0.4) is 0 Å². The number of thioether (sulfide) groups is 1. The Morgan fingerprint density at radius 1 is 1.21 bits per heavy atom. The number of ether oxygens (including phenoxy) is 3. The van der Waals surface area contributed by atoms with E-state index in [-0.39, 0.29) is 5.91 Å². The molecule has 0 N–H and O–H groups in total. The van der Waals surface area contributed by atoms with Crippen LogP contribution in [-0.2, 0) is 9.53 Å². The Labute approximate surface area is 217 Å². The fourth-order valence-corrected chi connectivity index (χ4v) is 5.06. The Hall–Kier alpha value is -2.53. The maximum Gasteiger partial charge on any atom is 0.338 e. The van der Waals surface area contributed by atoms with Crippen LogP contribution in [0.2, 0.25) is 0 Å². The molecule has 0 saturated carbocycles. The molecule has 0 atom stereocenters. The summed E-state index contributed by atoms with van der Waals surface area (Å²) in [5.41, 5.74) is 1.83. The number of carbonyl (C=O) groups excluding carboxylic acids is 2. The first-order valence-corrected chi connectivity index (χ1v) is 12.9. The number of esters is 1. The van der Waals surface area contributed by atoms with Gasteiger partial charge in [-0.2, -0.15) is 0 Å². The molecule has 1 aliphatic rings. The molecule has 34 heavy (non-hydrogen) atoms. The van der Waals surface area contributed by atoms with Crippen molar-refractivity contribution in [2.45, 2.75) is 27.2 Å². The van der Waals surface area contributed by atoms with Gasteiger partial charge >= 0.3 is 5.97 Å². The molecule has 9 heteroatoms. The summed E-state index contributed by atoms with van der Waals surface area (Å²) in [6.45, 7) is 7.09. The van der Waals surface area contributed by atoms with Crippen LogP contribution in [-0.4, -0.2) is 48.8 Å². The highest BCUT2D eigenvalue weighted by atomic mass is 127. The van der Waals surface area contributed by atoms with Gasteiger partial charge in [-0.3, -0.25) is 9.69 Å². The normalized spacial score (nSPS) is 15.8. The van der Waals surface area contributed by atoms with Crippen LogP contribution in [0.15, 0.2) is 46.3 Å². The number of benzene rings is 2. The van der Waals surface area contributed by atoms with Gasteiger partial charge in [0.25, 0.3) is 5.91 Å². The molecule has 0 spiro atoms. The third kappa shape index (κ3) is 6.12. The zero-order chi connectivity index (χ0) is 24.7. The van der Waals surface area contributed by atoms with Crippen LogP contribution in [0, 0.1) is 3.57 Å². The van der Waals surface area contributed by atoms with E-state index in [9.17, 15) is 9.59 Å². The summed E-state index contributed by atoms with van der Waals surface area (Å²) >= 11 is 3.51. The van der Waals surface area contributed by atoms with Gasteiger partial charge in [-0.15, -0.1) is 0 Å². The molecule has 0 radical (unpaired) electrons. The van der Waals surface area contributed by atoms with Gasteiger partial charge < -0.3 is 14.2 Å². The Bertz CT molecular complexity index is 1130. The standard InChI is InChI=1S/C25H27IN2O5S/c1-5-11-33-22-19(26)12-16(13-20(22)31-4)14-21-23(29)28(6-2)25(34-21)27-18-10-8-9-17(15-18)24(30)32-7-3/h8-10,12-15H,5-7,11H2,1-4H3. The number of likely N-dealkylation sites (N-methyl/N-ethyl adjacent to an activating group) is 1. The molecular formula is C25H27IN2O5S. The molecule has 0 bridgehead atoms. The predicted molar refractivity (Wildman–Crippen MR) is 144 cm³/mol. The van der Waals surface area contributed by atoms with Crippen molar-refractivity contribution in [1.82, 2.24) is 4.90 Å². The summed E-state index contributed by atoms with van der Waals surface area (Å²) in [6.07, 6.45) is 2.73. The molecule has 1 saturated heterocycles. The molecule has 2 aromatic carbocycles. The topological polar surface area (TPSA) is 77.4 Å². The van der Waals surface area contributed by atoms with Crippen LogP contribution >= 0.6 is 34.4 Å². The Morgan fingerprint density at radius 3 is 2.68 bits per heavy atom. The van der Waals surface area contributed by atoms with E-state index in [1.54, 1.807) is 43.2 Å². The van der Waals surface area contributed by atoms with Gasteiger partial charge in [-0.25, -0.2) is 9.79 Å². The number of hydrogen-bond donors (Lipinski definition) is 0. The second kappa shape index (κ2) is 12.3. The number of rotatable bonds is 9. The number of aliphatic imine (C=N–C) groups is 1. The van der Waals surface area contributed by atoms with Gasteiger partial charge in [0.1, 0.15) is 0 Å². The molecular weight excluding hydrogens is 567 g/mol. The van der Waals surface area contributed by atoms with Gasteiger partial charge in [0.15, 0.2) is 16.7 Å². The zero-order valence-corrected chi connectivity index (χ0v) is 22.6. The summed E-state index contributed by atoms with van der Waals surface area (Å²) in [7, 11) is 1.60. The number of amidine groups is 1. The van der Waals surface area contributed by atoms with E-state index >= 15 is 0 Å². The molecule has 1 aliphatic heterocycles. The molecule has 1 heterocycles. The Balaban J connectivity index is 1.92. The first-order chi connectivity index (χ1) is 16.4.